The van der Waals surface area contributed by atoms with Gasteiger partial charge in [-0.15, -0.1) is 0 Å². The Labute approximate surface area is 198 Å². The van der Waals surface area contributed by atoms with Gasteiger partial charge in [0.2, 0.25) is 5.91 Å². The molecule has 2 aromatic carbocycles. The zero-order chi connectivity index (χ0) is 23.9. The number of fused-ring (bicyclic) bond motifs is 1. The molecule has 4 amide bonds. The van der Waals surface area contributed by atoms with Crippen LogP contribution in [0.3, 0.4) is 0 Å². The molecule has 2 heterocycles. The number of urea groups is 1. The Hall–Kier alpha value is -3.32. The molecule has 172 valence electrons. The third-order valence-corrected chi connectivity index (χ3v) is 6.61. The molecule has 0 saturated carbocycles. The van der Waals surface area contributed by atoms with Crippen LogP contribution < -0.4 is 15.5 Å². The van der Waals surface area contributed by atoms with Crippen LogP contribution in [0.1, 0.15) is 44.2 Å². The molecule has 2 aliphatic heterocycles. The Morgan fingerprint density at radius 3 is 2.61 bits per heavy atom. The van der Waals surface area contributed by atoms with E-state index in [-0.39, 0.29) is 17.8 Å². The molecular formula is C25H27ClN4O3. The lowest BCUT2D eigenvalue weighted by atomic mass is 9.80. The van der Waals surface area contributed by atoms with Crippen molar-refractivity contribution in [3.63, 3.8) is 0 Å². The van der Waals surface area contributed by atoms with E-state index < -0.39 is 17.8 Å². The summed E-state index contributed by atoms with van der Waals surface area (Å²) in [6, 6.07) is 12.0. The maximum absolute atomic E-state index is 12.8. The number of halogens is 1. The van der Waals surface area contributed by atoms with Gasteiger partial charge in [0.15, 0.2) is 0 Å². The van der Waals surface area contributed by atoms with Crippen LogP contribution in [0.2, 0.25) is 5.02 Å². The molecule has 4 rings (SSSR count). The highest BCUT2D eigenvalue weighted by molar-refractivity contribution is 6.30. The predicted molar refractivity (Wildman–Crippen MR) is 130 cm³/mol. The van der Waals surface area contributed by atoms with Crippen molar-refractivity contribution in [3.05, 3.63) is 64.3 Å². The van der Waals surface area contributed by atoms with E-state index in [1.807, 2.05) is 6.07 Å². The summed E-state index contributed by atoms with van der Waals surface area (Å²) in [5, 5.41) is 5.78. The fourth-order valence-electron chi connectivity index (χ4n) is 4.44. The van der Waals surface area contributed by atoms with Gasteiger partial charge in [0.1, 0.15) is 12.2 Å². The van der Waals surface area contributed by atoms with E-state index >= 15 is 0 Å². The Morgan fingerprint density at radius 2 is 1.91 bits per heavy atom. The topological polar surface area (TPSA) is 81.8 Å². The number of carbonyl (C=O) groups is 3. The summed E-state index contributed by atoms with van der Waals surface area (Å²) in [7, 11) is 2.09. The van der Waals surface area contributed by atoms with Crippen LogP contribution in [0.5, 0.6) is 0 Å². The van der Waals surface area contributed by atoms with Gasteiger partial charge in [-0.05, 0) is 79.8 Å². The minimum Gasteiger partial charge on any atom is -0.369 e. The quantitative estimate of drug-likeness (QED) is 0.510. The van der Waals surface area contributed by atoms with Crippen LogP contribution in [0, 0.1) is 0 Å². The number of carbonyl (C=O) groups excluding carboxylic acids is 3. The molecule has 1 atom stereocenters. The first-order chi connectivity index (χ1) is 15.5. The number of amides is 4. The van der Waals surface area contributed by atoms with Gasteiger partial charge in [-0.2, -0.15) is 0 Å². The van der Waals surface area contributed by atoms with Crippen molar-refractivity contribution < 1.29 is 14.4 Å². The molecule has 8 heteroatoms. The van der Waals surface area contributed by atoms with Crippen LogP contribution in [0.4, 0.5) is 16.2 Å². The standard InChI is InChI=1S/C25H27ClN4O3/c1-15-13-25(2,3)29(4)21-10-5-16(11-19(15)21)12-20-23(32)30(24(33)28-20)14-22(31)27-18-8-6-17(26)7-9-18/h5-12,15H,13-14H2,1-4H3,(H,27,31)(H,28,33)/b20-12-. The van der Waals surface area contributed by atoms with E-state index in [0.717, 1.165) is 16.9 Å². The molecule has 0 aliphatic carbocycles. The minimum atomic E-state index is -0.620. The highest BCUT2D eigenvalue weighted by Crippen LogP contribution is 2.42. The molecule has 7 nitrogen and oxygen atoms in total. The van der Waals surface area contributed by atoms with E-state index in [4.69, 9.17) is 11.6 Å². The van der Waals surface area contributed by atoms with Crippen molar-refractivity contribution in [3.8, 4) is 0 Å². The van der Waals surface area contributed by atoms with Gasteiger partial charge in [-0.25, -0.2) is 9.69 Å². The molecule has 0 radical (unpaired) electrons. The fourth-order valence-corrected chi connectivity index (χ4v) is 4.57. The van der Waals surface area contributed by atoms with Crippen molar-refractivity contribution in [2.75, 3.05) is 23.8 Å². The molecule has 1 fully saturated rings. The highest BCUT2D eigenvalue weighted by Gasteiger charge is 2.36. The first-order valence-electron chi connectivity index (χ1n) is 10.8. The summed E-state index contributed by atoms with van der Waals surface area (Å²) >= 11 is 5.85. The van der Waals surface area contributed by atoms with Crippen molar-refractivity contribution in [2.45, 2.75) is 38.6 Å². The smallest absolute Gasteiger partial charge is 0.329 e. The molecule has 33 heavy (non-hydrogen) atoms. The summed E-state index contributed by atoms with van der Waals surface area (Å²) < 4.78 is 0. The van der Waals surface area contributed by atoms with Crippen LogP contribution in [-0.4, -0.2) is 41.9 Å². The summed E-state index contributed by atoms with van der Waals surface area (Å²) in [4.78, 5) is 40.7. The van der Waals surface area contributed by atoms with Gasteiger partial charge in [-0.1, -0.05) is 24.6 Å². The molecule has 0 spiro atoms. The number of nitrogens with one attached hydrogen (secondary N) is 2. The number of imide groups is 1. The van der Waals surface area contributed by atoms with Crippen LogP contribution >= 0.6 is 11.6 Å². The molecule has 2 aliphatic rings. The van der Waals surface area contributed by atoms with E-state index in [2.05, 4.69) is 55.5 Å². The predicted octanol–water partition coefficient (Wildman–Crippen LogP) is 4.59. The lowest BCUT2D eigenvalue weighted by molar-refractivity contribution is -0.127. The minimum absolute atomic E-state index is 0.0644. The van der Waals surface area contributed by atoms with E-state index in [1.165, 1.54) is 11.3 Å². The van der Waals surface area contributed by atoms with Crippen molar-refractivity contribution in [1.29, 1.82) is 0 Å². The van der Waals surface area contributed by atoms with Crippen molar-refractivity contribution in [2.24, 2.45) is 0 Å². The van der Waals surface area contributed by atoms with Crippen LogP contribution in [0.15, 0.2) is 48.2 Å². The van der Waals surface area contributed by atoms with Crippen LogP contribution in [-0.2, 0) is 9.59 Å². The maximum atomic E-state index is 12.8. The van der Waals surface area contributed by atoms with Gasteiger partial charge in [-0.3, -0.25) is 9.59 Å². The van der Waals surface area contributed by atoms with Gasteiger partial charge < -0.3 is 15.5 Å². The number of benzene rings is 2. The monoisotopic (exact) mass is 466 g/mol. The molecule has 2 aromatic rings. The third kappa shape index (κ3) is 4.59. The zero-order valence-corrected chi connectivity index (χ0v) is 19.9. The second-order valence-corrected chi connectivity index (χ2v) is 9.67. The van der Waals surface area contributed by atoms with Crippen molar-refractivity contribution in [1.82, 2.24) is 10.2 Å². The first kappa shape index (κ1) is 22.9. The molecule has 1 saturated heterocycles. The normalized spacial score (nSPS) is 20.6. The largest absolute Gasteiger partial charge is 0.369 e. The summed E-state index contributed by atoms with van der Waals surface area (Å²) in [5.41, 5.74) is 3.95. The van der Waals surface area contributed by atoms with Gasteiger partial charge in [0.05, 0.1) is 0 Å². The SMILES string of the molecule is CC1CC(C)(C)N(C)c2ccc(/C=C3\NC(=O)N(CC(=O)Nc4ccc(Cl)cc4)C3=O)cc21. The molecular weight excluding hydrogens is 440 g/mol. The summed E-state index contributed by atoms with van der Waals surface area (Å²) in [6.07, 6.45) is 2.67. The number of rotatable bonds is 4. The second-order valence-electron chi connectivity index (χ2n) is 9.23. The Bertz CT molecular complexity index is 1160. The van der Waals surface area contributed by atoms with Gasteiger partial charge in [0.25, 0.3) is 5.91 Å². The average Bonchev–Trinajstić information content (AvgIpc) is 3.01. The summed E-state index contributed by atoms with van der Waals surface area (Å²) in [5.74, 6) is -0.642. The second kappa shape index (κ2) is 8.56. The molecule has 1 unspecified atom stereocenters. The van der Waals surface area contributed by atoms with Gasteiger partial charge >= 0.3 is 6.03 Å². The Balaban J connectivity index is 1.49. The number of hydrogen-bond acceptors (Lipinski definition) is 4. The van der Waals surface area contributed by atoms with Crippen LogP contribution in [0.25, 0.3) is 6.08 Å². The number of hydrogen-bond donors (Lipinski definition) is 2. The Kier molecular flexibility index (Phi) is 5.93. The number of nitrogens with zero attached hydrogens (tertiary/aromatic N) is 2. The maximum Gasteiger partial charge on any atom is 0.329 e. The molecule has 0 bridgehead atoms. The van der Waals surface area contributed by atoms with Gasteiger partial charge in [0, 0.05) is 29.0 Å². The van der Waals surface area contributed by atoms with E-state index in [1.54, 1.807) is 30.3 Å². The molecule has 2 N–H and O–H groups in total. The lowest BCUT2D eigenvalue weighted by Gasteiger charge is -2.45. The third-order valence-electron chi connectivity index (χ3n) is 6.36. The molecule has 0 aromatic heterocycles. The first-order valence-corrected chi connectivity index (χ1v) is 11.2. The Morgan fingerprint density at radius 1 is 1.21 bits per heavy atom. The fraction of sp³-hybridized carbons (Fsp3) is 0.320. The van der Waals surface area contributed by atoms with Crippen molar-refractivity contribution >= 4 is 46.9 Å². The highest BCUT2D eigenvalue weighted by atomic mass is 35.5. The van der Waals surface area contributed by atoms with E-state index in [0.29, 0.717) is 16.6 Å². The average molecular weight is 467 g/mol. The zero-order valence-electron chi connectivity index (χ0n) is 19.1. The van der Waals surface area contributed by atoms with E-state index in [9.17, 15) is 14.4 Å². The number of anilines is 2. The lowest BCUT2D eigenvalue weighted by Crippen LogP contribution is -2.45. The summed E-state index contributed by atoms with van der Waals surface area (Å²) in [6.45, 7) is 6.28.